The molecule has 0 unspecified atom stereocenters. The van der Waals surface area contributed by atoms with Crippen LogP contribution < -0.4 is 15.8 Å². The number of hydrogen-bond acceptors (Lipinski definition) is 3. The molecule has 0 heterocycles. The summed E-state index contributed by atoms with van der Waals surface area (Å²) in [4.78, 5) is 12.3. The molecule has 0 aliphatic rings. The van der Waals surface area contributed by atoms with E-state index >= 15 is 0 Å². The SMILES string of the molecule is NC(=S)COc1ccccc1NC(=O)c1ccccc1F. The Balaban J connectivity index is 2.18. The van der Waals surface area contributed by atoms with Crippen molar-refractivity contribution in [3.05, 3.63) is 59.9 Å². The van der Waals surface area contributed by atoms with Crippen LogP contribution in [0.1, 0.15) is 10.4 Å². The molecule has 0 fully saturated rings. The maximum absolute atomic E-state index is 13.6. The number of carbonyl (C=O) groups excluding carboxylic acids is 1. The molecule has 0 aliphatic heterocycles. The van der Waals surface area contributed by atoms with Crippen molar-refractivity contribution in [2.75, 3.05) is 11.9 Å². The molecule has 21 heavy (non-hydrogen) atoms. The lowest BCUT2D eigenvalue weighted by atomic mass is 10.2. The number of benzene rings is 2. The Morgan fingerprint density at radius 1 is 1.19 bits per heavy atom. The molecule has 0 saturated heterocycles. The van der Waals surface area contributed by atoms with E-state index in [1.807, 2.05) is 0 Å². The minimum absolute atomic E-state index is 0.0401. The second-order valence-electron chi connectivity index (χ2n) is 4.19. The molecule has 1 amide bonds. The van der Waals surface area contributed by atoms with Crippen LogP contribution >= 0.6 is 12.2 Å². The van der Waals surface area contributed by atoms with Crippen LogP contribution in [0.5, 0.6) is 5.75 Å². The van der Waals surface area contributed by atoms with E-state index in [9.17, 15) is 9.18 Å². The van der Waals surface area contributed by atoms with Gasteiger partial charge in [-0.05, 0) is 24.3 Å². The molecule has 0 saturated carbocycles. The largest absolute Gasteiger partial charge is 0.484 e. The number of nitrogens with one attached hydrogen (secondary N) is 1. The molecule has 0 bridgehead atoms. The maximum atomic E-state index is 13.6. The average Bonchev–Trinajstić information content (AvgIpc) is 2.46. The minimum Gasteiger partial charge on any atom is -0.484 e. The first kappa shape index (κ1) is 14.9. The summed E-state index contributed by atoms with van der Waals surface area (Å²) in [5.74, 6) is -0.731. The molecule has 0 aromatic heterocycles. The normalized spacial score (nSPS) is 9.95. The number of halogens is 1. The standard InChI is InChI=1S/C15H13FN2O2S/c16-11-6-2-1-5-10(11)15(19)18-12-7-3-4-8-13(12)20-9-14(17)21/h1-8H,9H2,(H2,17,21)(H,18,19). The zero-order valence-electron chi connectivity index (χ0n) is 11.0. The van der Waals surface area contributed by atoms with Crippen molar-refractivity contribution in [2.24, 2.45) is 5.73 Å². The summed E-state index contributed by atoms with van der Waals surface area (Å²) in [5.41, 5.74) is 5.75. The number of rotatable bonds is 5. The van der Waals surface area contributed by atoms with E-state index in [0.717, 1.165) is 0 Å². The number of carbonyl (C=O) groups is 1. The molecule has 0 atom stereocenters. The van der Waals surface area contributed by atoms with Gasteiger partial charge in [0, 0.05) is 0 Å². The average molecular weight is 304 g/mol. The van der Waals surface area contributed by atoms with Crippen molar-refractivity contribution in [1.82, 2.24) is 0 Å². The quantitative estimate of drug-likeness (QED) is 0.834. The van der Waals surface area contributed by atoms with Crippen molar-refractivity contribution >= 4 is 28.8 Å². The van der Waals surface area contributed by atoms with Crippen LogP contribution in [0.15, 0.2) is 48.5 Å². The van der Waals surface area contributed by atoms with Crippen LogP contribution in [0.25, 0.3) is 0 Å². The Morgan fingerprint density at radius 2 is 1.86 bits per heavy atom. The Kier molecular flexibility index (Phi) is 4.84. The highest BCUT2D eigenvalue weighted by molar-refractivity contribution is 7.80. The number of thiocarbonyl (C=S) groups is 1. The van der Waals surface area contributed by atoms with Crippen molar-refractivity contribution in [1.29, 1.82) is 0 Å². The van der Waals surface area contributed by atoms with Gasteiger partial charge in [-0.15, -0.1) is 0 Å². The number of para-hydroxylation sites is 2. The molecule has 2 rings (SSSR count). The van der Waals surface area contributed by atoms with Gasteiger partial charge in [0.05, 0.1) is 11.3 Å². The molecule has 4 nitrogen and oxygen atoms in total. The number of amides is 1. The van der Waals surface area contributed by atoms with Gasteiger partial charge in [0.1, 0.15) is 23.2 Å². The van der Waals surface area contributed by atoms with Crippen LogP contribution in [0, 0.1) is 5.82 Å². The molecule has 2 aromatic carbocycles. The zero-order valence-corrected chi connectivity index (χ0v) is 11.8. The van der Waals surface area contributed by atoms with Gasteiger partial charge in [-0.2, -0.15) is 0 Å². The molecule has 6 heteroatoms. The molecule has 108 valence electrons. The third-order valence-electron chi connectivity index (χ3n) is 2.62. The van der Waals surface area contributed by atoms with Gasteiger partial charge in [0.25, 0.3) is 5.91 Å². The van der Waals surface area contributed by atoms with Gasteiger partial charge >= 0.3 is 0 Å². The Bertz CT molecular complexity index is 676. The highest BCUT2D eigenvalue weighted by Gasteiger charge is 2.13. The summed E-state index contributed by atoms with van der Waals surface area (Å²) in [6.07, 6.45) is 0. The monoisotopic (exact) mass is 304 g/mol. The third-order valence-corrected chi connectivity index (χ3v) is 2.74. The van der Waals surface area contributed by atoms with E-state index in [2.05, 4.69) is 5.32 Å². The summed E-state index contributed by atoms with van der Waals surface area (Å²) in [6.45, 7) is 0.0575. The van der Waals surface area contributed by atoms with Crippen LogP contribution in [0.2, 0.25) is 0 Å². The molecule has 3 N–H and O–H groups in total. The first-order valence-electron chi connectivity index (χ1n) is 6.14. The summed E-state index contributed by atoms with van der Waals surface area (Å²) >= 11 is 4.74. The zero-order chi connectivity index (χ0) is 15.2. The van der Waals surface area contributed by atoms with E-state index in [0.29, 0.717) is 11.4 Å². The number of anilines is 1. The van der Waals surface area contributed by atoms with E-state index in [-0.39, 0.29) is 17.2 Å². The van der Waals surface area contributed by atoms with E-state index in [1.54, 1.807) is 30.3 Å². The fraction of sp³-hybridized carbons (Fsp3) is 0.0667. The molecular formula is C15H13FN2O2S. The van der Waals surface area contributed by atoms with Crippen LogP contribution in [-0.4, -0.2) is 17.5 Å². The lowest BCUT2D eigenvalue weighted by molar-refractivity contribution is 0.102. The number of ether oxygens (including phenoxy) is 1. The Labute approximate surface area is 126 Å². The first-order valence-corrected chi connectivity index (χ1v) is 6.55. The fourth-order valence-corrected chi connectivity index (χ4v) is 1.74. The lowest BCUT2D eigenvalue weighted by Gasteiger charge is -2.12. The van der Waals surface area contributed by atoms with Crippen molar-refractivity contribution in [3.8, 4) is 5.75 Å². The van der Waals surface area contributed by atoms with E-state index < -0.39 is 11.7 Å². The molecule has 0 radical (unpaired) electrons. The Hall–Kier alpha value is -2.47. The maximum Gasteiger partial charge on any atom is 0.258 e. The minimum atomic E-state index is -0.587. The summed E-state index contributed by atoms with van der Waals surface area (Å²) in [5, 5.41) is 2.60. The van der Waals surface area contributed by atoms with Gasteiger partial charge in [0.2, 0.25) is 0 Å². The van der Waals surface area contributed by atoms with Crippen molar-refractivity contribution in [2.45, 2.75) is 0 Å². The summed E-state index contributed by atoms with van der Waals surface area (Å²) < 4.78 is 19.0. The van der Waals surface area contributed by atoms with Crippen LogP contribution in [0.3, 0.4) is 0 Å². The fourth-order valence-electron chi connectivity index (χ4n) is 1.68. The van der Waals surface area contributed by atoms with Crippen LogP contribution in [0.4, 0.5) is 10.1 Å². The van der Waals surface area contributed by atoms with Crippen LogP contribution in [-0.2, 0) is 0 Å². The van der Waals surface area contributed by atoms with Gasteiger partial charge in [-0.3, -0.25) is 4.79 Å². The summed E-state index contributed by atoms with van der Waals surface area (Å²) in [7, 11) is 0. The van der Waals surface area contributed by atoms with Gasteiger partial charge in [-0.25, -0.2) is 4.39 Å². The smallest absolute Gasteiger partial charge is 0.258 e. The van der Waals surface area contributed by atoms with Gasteiger partial charge in [-0.1, -0.05) is 36.5 Å². The van der Waals surface area contributed by atoms with Gasteiger partial charge < -0.3 is 15.8 Å². The molecular weight excluding hydrogens is 291 g/mol. The second kappa shape index (κ2) is 6.81. The van der Waals surface area contributed by atoms with E-state index in [4.69, 9.17) is 22.7 Å². The number of nitrogens with two attached hydrogens (primary N) is 1. The van der Waals surface area contributed by atoms with E-state index in [1.165, 1.54) is 18.2 Å². The number of hydrogen-bond donors (Lipinski definition) is 2. The Morgan fingerprint density at radius 3 is 2.57 bits per heavy atom. The molecule has 2 aromatic rings. The highest BCUT2D eigenvalue weighted by Crippen LogP contribution is 2.24. The second-order valence-corrected chi connectivity index (χ2v) is 4.71. The van der Waals surface area contributed by atoms with Crippen molar-refractivity contribution in [3.63, 3.8) is 0 Å². The predicted molar refractivity (Wildman–Crippen MR) is 83.1 cm³/mol. The van der Waals surface area contributed by atoms with Gasteiger partial charge in [0.15, 0.2) is 0 Å². The topological polar surface area (TPSA) is 64.3 Å². The molecule has 0 spiro atoms. The summed E-state index contributed by atoms with van der Waals surface area (Å²) in [6, 6.07) is 12.5. The lowest BCUT2D eigenvalue weighted by Crippen LogP contribution is -2.19. The predicted octanol–water partition coefficient (Wildman–Crippen LogP) is 2.74. The first-order chi connectivity index (χ1) is 10.1. The third kappa shape index (κ3) is 4.00. The highest BCUT2D eigenvalue weighted by atomic mass is 32.1. The van der Waals surface area contributed by atoms with Crippen molar-refractivity contribution < 1.29 is 13.9 Å². The molecule has 0 aliphatic carbocycles.